The molecule has 0 radical (unpaired) electrons. The van der Waals surface area contributed by atoms with Crippen molar-refractivity contribution in [1.82, 2.24) is 29.7 Å². The Morgan fingerprint density at radius 3 is 2.83 bits per heavy atom. The highest BCUT2D eigenvalue weighted by Gasteiger charge is 2.21. The molecular weight excluding hydrogens is 435 g/mol. The van der Waals surface area contributed by atoms with Crippen molar-refractivity contribution >= 4 is 41.3 Å². The second kappa shape index (κ2) is 9.69. The molecule has 158 valence electrons. The molecule has 30 heavy (non-hydrogen) atoms. The van der Waals surface area contributed by atoms with Crippen molar-refractivity contribution in [3.8, 4) is 11.4 Å². The number of aromatic nitrogens is 5. The summed E-state index contributed by atoms with van der Waals surface area (Å²) < 4.78 is 26.0. The second-order valence-electron chi connectivity index (χ2n) is 5.96. The smallest absolute Gasteiger partial charge is 0.413 e. The Morgan fingerprint density at radius 2 is 2.13 bits per heavy atom. The van der Waals surface area contributed by atoms with E-state index in [2.05, 4.69) is 35.0 Å². The van der Waals surface area contributed by atoms with Crippen LogP contribution in [0.15, 0.2) is 30.6 Å². The number of nitrogens with one attached hydrogen (secondary N) is 3. The Balaban J connectivity index is 1.73. The van der Waals surface area contributed by atoms with Crippen LogP contribution in [0.3, 0.4) is 0 Å². The summed E-state index contributed by atoms with van der Waals surface area (Å²) in [5.74, 6) is -0.297. The summed E-state index contributed by atoms with van der Waals surface area (Å²) >= 11 is 7.26. The van der Waals surface area contributed by atoms with Gasteiger partial charge < -0.3 is 9.46 Å². The van der Waals surface area contributed by atoms with Crippen LogP contribution in [0, 0.1) is 5.82 Å². The topological polar surface area (TPSA) is 119 Å². The van der Waals surface area contributed by atoms with E-state index in [1.54, 1.807) is 33.3 Å². The number of nitrogens with zero attached hydrogens (tertiary/aromatic N) is 5. The maximum Gasteiger partial charge on any atom is 0.413 e. The fraction of sp³-hybridized carbons (Fsp3) is 0.235. The molecule has 1 amide bonds. The summed E-state index contributed by atoms with van der Waals surface area (Å²) in [6.07, 6.45) is 0.978. The molecule has 3 heterocycles. The first-order valence-corrected chi connectivity index (χ1v) is 9.81. The number of halogens is 2. The van der Waals surface area contributed by atoms with Crippen molar-refractivity contribution in [2.24, 2.45) is 7.05 Å². The van der Waals surface area contributed by atoms with Gasteiger partial charge in [0, 0.05) is 24.7 Å². The molecule has 0 spiro atoms. The predicted molar refractivity (Wildman–Crippen MR) is 112 cm³/mol. The Labute approximate surface area is 180 Å². The van der Waals surface area contributed by atoms with Crippen LogP contribution >= 0.6 is 23.7 Å². The first-order chi connectivity index (χ1) is 14.4. The molecule has 3 aromatic rings. The monoisotopic (exact) mass is 452 g/mol. The molecule has 0 aliphatic heterocycles. The van der Waals surface area contributed by atoms with E-state index in [0.717, 1.165) is 18.0 Å². The first-order valence-electron chi connectivity index (χ1n) is 8.62. The molecule has 13 heteroatoms. The minimum atomic E-state index is -0.835. The molecule has 0 aliphatic carbocycles. The molecule has 0 bridgehead atoms. The fourth-order valence-electron chi connectivity index (χ4n) is 2.45. The zero-order chi connectivity index (χ0) is 21.7. The molecular formula is C17H18ClFN8O2S. The number of rotatable bonds is 7. The average Bonchev–Trinajstić information content (AvgIpc) is 3.08. The van der Waals surface area contributed by atoms with Gasteiger partial charge in [0.2, 0.25) is 0 Å². The van der Waals surface area contributed by atoms with Gasteiger partial charge >= 0.3 is 6.09 Å². The lowest BCUT2D eigenvalue weighted by atomic mass is 10.2. The summed E-state index contributed by atoms with van der Waals surface area (Å²) in [5.41, 5.74) is 1.90. The van der Waals surface area contributed by atoms with Gasteiger partial charge in [0.15, 0.2) is 11.5 Å². The van der Waals surface area contributed by atoms with E-state index in [1.807, 2.05) is 6.07 Å². The predicted octanol–water partition coefficient (Wildman–Crippen LogP) is 3.57. The second-order valence-corrected chi connectivity index (χ2v) is 7.13. The van der Waals surface area contributed by atoms with Crippen LogP contribution in [0.1, 0.15) is 18.6 Å². The van der Waals surface area contributed by atoms with Crippen LogP contribution in [0.25, 0.3) is 11.4 Å². The molecule has 3 aromatic heterocycles. The number of aryl methyl sites for hydroxylation is 1. The van der Waals surface area contributed by atoms with E-state index in [0.29, 0.717) is 11.4 Å². The van der Waals surface area contributed by atoms with Crippen LogP contribution in [-0.2, 0) is 11.8 Å². The highest BCUT2D eigenvalue weighted by Crippen LogP contribution is 2.27. The largest absolute Gasteiger partial charge is 0.441 e. The van der Waals surface area contributed by atoms with Gasteiger partial charge in [0.05, 0.1) is 23.8 Å². The zero-order valence-corrected chi connectivity index (χ0v) is 17.8. The number of hydrogen-bond donors (Lipinski definition) is 3. The number of ether oxygens (including phenoxy) is 1. The fourth-order valence-corrected chi connectivity index (χ4v) is 3.05. The SMILES string of the molecule is CNSNc1ccc(-c2nnn(C)c2NC(=O)OC(C)c2cc(F)cnc2Cl)nc1. The van der Waals surface area contributed by atoms with Gasteiger partial charge in [0.1, 0.15) is 17.1 Å². The molecule has 0 aliphatic rings. The lowest BCUT2D eigenvalue weighted by molar-refractivity contribution is 0.120. The highest BCUT2D eigenvalue weighted by atomic mass is 35.5. The summed E-state index contributed by atoms with van der Waals surface area (Å²) in [6, 6.07) is 4.71. The highest BCUT2D eigenvalue weighted by molar-refractivity contribution is 7.98. The third-order valence-corrected chi connectivity index (χ3v) is 4.74. The Morgan fingerprint density at radius 1 is 1.33 bits per heavy atom. The van der Waals surface area contributed by atoms with Gasteiger partial charge in [-0.1, -0.05) is 16.8 Å². The van der Waals surface area contributed by atoms with E-state index >= 15 is 0 Å². The summed E-state index contributed by atoms with van der Waals surface area (Å²) in [6.45, 7) is 1.56. The van der Waals surface area contributed by atoms with Gasteiger partial charge in [-0.3, -0.25) is 10.3 Å². The van der Waals surface area contributed by atoms with E-state index in [-0.39, 0.29) is 16.5 Å². The van der Waals surface area contributed by atoms with Gasteiger partial charge in [-0.2, -0.15) is 0 Å². The number of amides is 1. The van der Waals surface area contributed by atoms with Crippen LogP contribution in [-0.4, -0.2) is 38.1 Å². The third kappa shape index (κ3) is 5.14. The third-order valence-electron chi connectivity index (χ3n) is 3.88. The molecule has 3 N–H and O–H groups in total. The van der Waals surface area contributed by atoms with Crippen molar-refractivity contribution in [1.29, 1.82) is 0 Å². The minimum absolute atomic E-state index is 0.0499. The molecule has 0 fully saturated rings. The van der Waals surface area contributed by atoms with Crippen molar-refractivity contribution in [3.63, 3.8) is 0 Å². The van der Waals surface area contributed by atoms with Crippen LogP contribution in [0.2, 0.25) is 5.15 Å². The van der Waals surface area contributed by atoms with Crippen molar-refractivity contribution in [3.05, 3.63) is 47.1 Å². The Bertz CT molecular complexity index is 1030. The first kappa shape index (κ1) is 21.7. The average molecular weight is 453 g/mol. The maximum atomic E-state index is 13.4. The van der Waals surface area contributed by atoms with Crippen molar-refractivity contribution < 1.29 is 13.9 Å². The minimum Gasteiger partial charge on any atom is -0.441 e. The molecule has 3 rings (SSSR count). The van der Waals surface area contributed by atoms with E-state index < -0.39 is 18.0 Å². The summed E-state index contributed by atoms with van der Waals surface area (Å²) in [4.78, 5) is 20.4. The number of hydrogen-bond acceptors (Lipinski definition) is 9. The quantitative estimate of drug-likeness (QED) is 0.365. The number of carbonyl (C=O) groups excluding carboxylic acids is 1. The number of pyridine rings is 2. The van der Waals surface area contributed by atoms with E-state index in [4.69, 9.17) is 16.3 Å². The standard InChI is InChI=1S/C17H18ClFN8O2S/c1-9(12-6-10(19)7-22-15(12)18)29-17(28)23-16-14(24-26-27(16)3)13-5-4-11(8-21-13)25-30-20-2/h4-9,20,25H,1-3H3,(H,23,28). The van der Waals surface area contributed by atoms with Crippen LogP contribution in [0.5, 0.6) is 0 Å². The van der Waals surface area contributed by atoms with Crippen molar-refractivity contribution in [2.45, 2.75) is 13.0 Å². The zero-order valence-electron chi connectivity index (χ0n) is 16.2. The molecule has 1 atom stereocenters. The Hall–Kier alpha value is -2.96. The summed E-state index contributed by atoms with van der Waals surface area (Å²) in [5, 5.41) is 10.6. The van der Waals surface area contributed by atoms with Gasteiger partial charge in [-0.15, -0.1) is 5.10 Å². The normalized spacial score (nSPS) is 11.8. The van der Waals surface area contributed by atoms with Crippen LogP contribution in [0.4, 0.5) is 20.7 Å². The number of carbonyl (C=O) groups is 1. The lowest BCUT2D eigenvalue weighted by Gasteiger charge is -2.15. The lowest BCUT2D eigenvalue weighted by Crippen LogP contribution is -2.18. The number of anilines is 2. The molecule has 0 saturated heterocycles. The van der Waals surface area contributed by atoms with E-state index in [9.17, 15) is 9.18 Å². The molecule has 0 saturated carbocycles. The Kier molecular flexibility index (Phi) is 7.03. The van der Waals surface area contributed by atoms with Gasteiger partial charge in [-0.05, 0) is 32.2 Å². The van der Waals surface area contributed by atoms with Crippen molar-refractivity contribution in [2.75, 3.05) is 17.1 Å². The molecule has 0 aromatic carbocycles. The van der Waals surface area contributed by atoms with Gasteiger partial charge in [-0.25, -0.2) is 23.6 Å². The van der Waals surface area contributed by atoms with E-state index in [1.165, 1.54) is 16.8 Å². The van der Waals surface area contributed by atoms with Gasteiger partial charge in [0.25, 0.3) is 0 Å². The molecule has 10 nitrogen and oxygen atoms in total. The maximum absolute atomic E-state index is 13.4. The molecule has 1 unspecified atom stereocenters. The van der Waals surface area contributed by atoms with Crippen LogP contribution < -0.4 is 14.8 Å². The summed E-state index contributed by atoms with van der Waals surface area (Å²) in [7, 11) is 3.40.